The Morgan fingerprint density at radius 1 is 0.321 bits per heavy atom. The fourth-order valence-corrected chi connectivity index (χ4v) is 8.81. The third-order valence-corrected chi connectivity index (χ3v) is 11.6. The molecule has 0 spiro atoms. The van der Waals surface area contributed by atoms with Crippen molar-refractivity contribution < 1.29 is 0 Å². The number of aromatic nitrogens is 2. The standard InChI is InChI=1S/C54H42N2/c1-35-33-53(55-49-17-9-5-13-43(49)44-14-6-10-18-50(44)55)37(3)31-47(35)41-27-23-39(24-28-41)21-22-40-25-29-42(30-26-40)48-32-38(4)54(34-36(48)2)56-51-19-11-7-15-45(51)46-16-8-12-20-52(46)56/h5-34H,1-4H3/b22-21+. The zero-order valence-corrected chi connectivity index (χ0v) is 32.2. The topological polar surface area (TPSA) is 9.86 Å². The highest BCUT2D eigenvalue weighted by molar-refractivity contribution is 6.10. The summed E-state index contributed by atoms with van der Waals surface area (Å²) in [6.45, 7) is 8.92. The molecule has 0 atom stereocenters. The first-order valence-corrected chi connectivity index (χ1v) is 19.5. The second-order valence-corrected chi connectivity index (χ2v) is 15.2. The molecule has 0 saturated heterocycles. The van der Waals surface area contributed by atoms with Crippen molar-refractivity contribution in [1.29, 1.82) is 0 Å². The molecule has 0 unspecified atom stereocenters. The molecule has 10 aromatic rings. The Bertz CT molecular complexity index is 2830. The predicted molar refractivity (Wildman–Crippen MR) is 240 cm³/mol. The smallest absolute Gasteiger partial charge is 0.0541 e. The fourth-order valence-electron chi connectivity index (χ4n) is 8.81. The van der Waals surface area contributed by atoms with Crippen LogP contribution in [0.3, 0.4) is 0 Å². The van der Waals surface area contributed by atoms with Gasteiger partial charge in [-0.3, -0.25) is 0 Å². The molecule has 8 aromatic carbocycles. The van der Waals surface area contributed by atoms with Gasteiger partial charge in [0, 0.05) is 32.9 Å². The molecule has 0 aliphatic rings. The van der Waals surface area contributed by atoms with Gasteiger partial charge in [-0.05, 0) is 132 Å². The number of fused-ring (bicyclic) bond motifs is 6. The Labute approximate surface area is 328 Å². The Balaban J connectivity index is 0.891. The number of nitrogens with zero attached hydrogens (tertiary/aromatic N) is 2. The molecule has 268 valence electrons. The molecule has 10 rings (SSSR count). The van der Waals surface area contributed by atoms with Crippen molar-refractivity contribution in [2.45, 2.75) is 27.7 Å². The van der Waals surface area contributed by atoms with E-state index in [0.29, 0.717) is 0 Å². The van der Waals surface area contributed by atoms with Crippen molar-refractivity contribution >= 4 is 55.8 Å². The summed E-state index contributed by atoms with van der Waals surface area (Å²) in [7, 11) is 0. The maximum absolute atomic E-state index is 2.42. The van der Waals surface area contributed by atoms with Gasteiger partial charge in [0.05, 0.1) is 22.1 Å². The molecule has 2 heterocycles. The highest BCUT2D eigenvalue weighted by Gasteiger charge is 2.17. The van der Waals surface area contributed by atoms with Crippen LogP contribution in [0.2, 0.25) is 0 Å². The zero-order chi connectivity index (χ0) is 37.9. The molecule has 2 aromatic heterocycles. The summed E-state index contributed by atoms with van der Waals surface area (Å²) in [5.74, 6) is 0. The van der Waals surface area contributed by atoms with Gasteiger partial charge in [-0.2, -0.15) is 0 Å². The summed E-state index contributed by atoms with van der Waals surface area (Å²) < 4.78 is 4.84. The van der Waals surface area contributed by atoms with Gasteiger partial charge >= 0.3 is 0 Å². The fraction of sp³-hybridized carbons (Fsp3) is 0.0741. The molecular weight excluding hydrogens is 677 g/mol. The monoisotopic (exact) mass is 718 g/mol. The summed E-state index contributed by atoms with van der Waals surface area (Å²) in [5, 5.41) is 5.15. The summed E-state index contributed by atoms with van der Waals surface area (Å²) in [6.07, 6.45) is 4.41. The van der Waals surface area contributed by atoms with Gasteiger partial charge in [0.1, 0.15) is 0 Å². The van der Waals surface area contributed by atoms with E-state index in [0.717, 1.165) is 0 Å². The van der Waals surface area contributed by atoms with Crippen molar-refractivity contribution in [3.05, 3.63) is 203 Å². The van der Waals surface area contributed by atoms with Crippen molar-refractivity contribution in [3.8, 4) is 33.6 Å². The van der Waals surface area contributed by atoms with Crippen LogP contribution in [0.4, 0.5) is 0 Å². The Hall–Kier alpha value is -6.90. The van der Waals surface area contributed by atoms with Crippen LogP contribution in [0.5, 0.6) is 0 Å². The molecule has 0 aliphatic carbocycles. The van der Waals surface area contributed by atoms with E-state index in [9.17, 15) is 0 Å². The molecule has 0 fully saturated rings. The molecule has 0 amide bonds. The second-order valence-electron chi connectivity index (χ2n) is 15.2. The molecule has 2 nitrogen and oxygen atoms in total. The van der Waals surface area contributed by atoms with E-state index in [2.05, 4.69) is 219 Å². The van der Waals surface area contributed by atoms with Gasteiger partial charge < -0.3 is 9.13 Å². The van der Waals surface area contributed by atoms with E-state index in [4.69, 9.17) is 0 Å². The second kappa shape index (κ2) is 13.4. The van der Waals surface area contributed by atoms with E-state index in [-0.39, 0.29) is 0 Å². The average molecular weight is 719 g/mol. The average Bonchev–Trinajstić information content (AvgIpc) is 3.75. The molecular formula is C54H42N2. The van der Waals surface area contributed by atoms with Crippen LogP contribution < -0.4 is 0 Å². The molecule has 0 aliphatic heterocycles. The van der Waals surface area contributed by atoms with Crippen LogP contribution in [0.1, 0.15) is 33.4 Å². The lowest BCUT2D eigenvalue weighted by Crippen LogP contribution is -1.99. The first kappa shape index (κ1) is 33.7. The van der Waals surface area contributed by atoms with Crippen molar-refractivity contribution in [2.24, 2.45) is 0 Å². The Morgan fingerprint density at radius 3 is 0.946 bits per heavy atom. The third-order valence-electron chi connectivity index (χ3n) is 11.6. The number of benzene rings is 8. The lowest BCUT2D eigenvalue weighted by atomic mass is 9.95. The quantitative estimate of drug-likeness (QED) is 0.152. The lowest BCUT2D eigenvalue weighted by Gasteiger charge is -2.16. The number of para-hydroxylation sites is 4. The molecule has 2 heteroatoms. The molecule has 0 saturated carbocycles. The largest absolute Gasteiger partial charge is 0.309 e. The van der Waals surface area contributed by atoms with E-state index in [1.807, 2.05) is 0 Å². The van der Waals surface area contributed by atoms with Gasteiger partial charge in [-0.15, -0.1) is 0 Å². The molecule has 0 radical (unpaired) electrons. The van der Waals surface area contributed by atoms with Gasteiger partial charge in [-0.25, -0.2) is 0 Å². The minimum atomic E-state index is 1.18. The molecule has 0 N–H and O–H groups in total. The summed E-state index contributed by atoms with van der Waals surface area (Å²) in [6, 6.07) is 62.2. The van der Waals surface area contributed by atoms with Gasteiger partial charge in [-0.1, -0.05) is 133 Å². The summed E-state index contributed by atoms with van der Waals surface area (Å²) in [5.41, 5.74) is 19.8. The van der Waals surface area contributed by atoms with E-state index in [1.54, 1.807) is 0 Å². The predicted octanol–water partition coefficient (Wildman–Crippen LogP) is 14.6. The highest BCUT2D eigenvalue weighted by atomic mass is 15.0. The lowest BCUT2D eigenvalue weighted by molar-refractivity contribution is 1.14. The van der Waals surface area contributed by atoms with Crippen LogP contribution in [-0.4, -0.2) is 9.13 Å². The van der Waals surface area contributed by atoms with Gasteiger partial charge in [0.2, 0.25) is 0 Å². The first-order valence-electron chi connectivity index (χ1n) is 19.5. The van der Waals surface area contributed by atoms with Crippen molar-refractivity contribution in [2.75, 3.05) is 0 Å². The summed E-state index contributed by atoms with van der Waals surface area (Å²) in [4.78, 5) is 0. The van der Waals surface area contributed by atoms with Crippen LogP contribution in [-0.2, 0) is 0 Å². The normalized spacial score (nSPS) is 11.9. The van der Waals surface area contributed by atoms with Crippen LogP contribution >= 0.6 is 0 Å². The number of hydrogen-bond acceptors (Lipinski definition) is 0. The first-order chi connectivity index (χ1) is 27.4. The maximum Gasteiger partial charge on any atom is 0.0541 e. The third kappa shape index (κ3) is 5.57. The number of rotatable bonds is 6. The van der Waals surface area contributed by atoms with E-state index in [1.165, 1.54) is 111 Å². The van der Waals surface area contributed by atoms with E-state index < -0.39 is 0 Å². The van der Waals surface area contributed by atoms with Crippen LogP contribution in [0, 0.1) is 27.7 Å². The molecule has 56 heavy (non-hydrogen) atoms. The Kier molecular flexibility index (Phi) is 8.08. The number of aryl methyl sites for hydroxylation is 4. The SMILES string of the molecule is Cc1cc(-n2c3ccccc3c3ccccc32)c(C)cc1-c1ccc(/C=C/c2ccc(-c3cc(C)c(-n4c5ccccc5c5ccccc54)cc3C)cc2)cc1. The summed E-state index contributed by atoms with van der Waals surface area (Å²) >= 11 is 0. The maximum atomic E-state index is 2.42. The molecule has 0 bridgehead atoms. The van der Waals surface area contributed by atoms with Crippen LogP contribution in [0.15, 0.2) is 170 Å². The minimum Gasteiger partial charge on any atom is -0.309 e. The Morgan fingerprint density at radius 2 is 0.625 bits per heavy atom. The van der Waals surface area contributed by atoms with Gasteiger partial charge in [0.25, 0.3) is 0 Å². The van der Waals surface area contributed by atoms with Crippen molar-refractivity contribution in [1.82, 2.24) is 9.13 Å². The minimum absolute atomic E-state index is 1.18. The van der Waals surface area contributed by atoms with Crippen molar-refractivity contribution in [3.63, 3.8) is 0 Å². The van der Waals surface area contributed by atoms with Crippen LogP contribution in [0.25, 0.3) is 89.4 Å². The van der Waals surface area contributed by atoms with Gasteiger partial charge in [0.15, 0.2) is 0 Å². The van der Waals surface area contributed by atoms with E-state index >= 15 is 0 Å². The number of hydrogen-bond donors (Lipinski definition) is 0. The zero-order valence-electron chi connectivity index (χ0n) is 32.2. The highest BCUT2D eigenvalue weighted by Crippen LogP contribution is 2.37.